The van der Waals surface area contributed by atoms with Crippen LogP contribution in [-0.2, 0) is 0 Å². The van der Waals surface area contributed by atoms with E-state index < -0.39 is 0 Å². The Morgan fingerprint density at radius 3 is 2.91 bits per heavy atom. The number of ether oxygens (including phenoxy) is 1. The number of anilines is 1. The lowest BCUT2D eigenvalue weighted by Crippen LogP contribution is -2.14. The minimum Gasteiger partial charge on any atom is -0.495 e. The Hall–Kier alpha value is -2.67. The van der Waals surface area contributed by atoms with Crippen LogP contribution in [0.4, 0.5) is 5.69 Å². The smallest absolute Gasteiger partial charge is 0.269 e. The fourth-order valence-electron chi connectivity index (χ4n) is 2.09. The molecule has 0 unspecified atom stereocenters. The second-order valence-corrected chi connectivity index (χ2v) is 5.41. The molecule has 1 amide bonds. The molecule has 0 fully saturated rings. The van der Waals surface area contributed by atoms with E-state index >= 15 is 0 Å². The van der Waals surface area contributed by atoms with Crippen molar-refractivity contribution in [1.82, 2.24) is 14.5 Å². The third kappa shape index (κ3) is 2.58. The zero-order valence-corrected chi connectivity index (χ0v) is 12.9. The molecule has 7 heteroatoms. The molecule has 3 aromatic heterocycles. The number of nitrogens with zero attached hydrogens (tertiary/aromatic N) is 3. The van der Waals surface area contributed by atoms with Gasteiger partial charge in [-0.25, -0.2) is 9.97 Å². The van der Waals surface area contributed by atoms with Gasteiger partial charge in [0.15, 0.2) is 5.82 Å². The third-order valence-electron chi connectivity index (χ3n) is 3.14. The lowest BCUT2D eigenvalue weighted by molar-refractivity contribution is 0.102. The molecule has 0 atom stereocenters. The summed E-state index contributed by atoms with van der Waals surface area (Å²) in [4.78, 5) is 21.5. The number of aryl methyl sites for hydroxylation is 1. The Balaban J connectivity index is 1.94. The molecule has 0 aliphatic heterocycles. The van der Waals surface area contributed by atoms with Crippen LogP contribution in [0.25, 0.3) is 5.82 Å². The second-order valence-electron chi connectivity index (χ2n) is 4.49. The number of hydrogen-bond acceptors (Lipinski definition) is 5. The quantitative estimate of drug-likeness (QED) is 0.804. The van der Waals surface area contributed by atoms with Crippen LogP contribution in [0.3, 0.4) is 0 Å². The van der Waals surface area contributed by atoms with Gasteiger partial charge in [0.1, 0.15) is 16.5 Å². The molecule has 0 aliphatic rings. The van der Waals surface area contributed by atoms with E-state index in [4.69, 9.17) is 4.74 Å². The third-order valence-corrected chi connectivity index (χ3v) is 4.04. The summed E-state index contributed by atoms with van der Waals surface area (Å²) in [6.45, 7) is 1.88. The standard InChI is InChI=1S/C15H14N4O2S/c1-10-16-7-8-19(10)14-11(4-3-6-17-14)18-15(20)13-12(21-2)5-9-22-13/h3-9H,1-2H3,(H,18,20). The van der Waals surface area contributed by atoms with E-state index in [1.165, 1.54) is 11.3 Å². The molecule has 0 spiro atoms. The van der Waals surface area contributed by atoms with E-state index in [9.17, 15) is 4.79 Å². The van der Waals surface area contributed by atoms with Gasteiger partial charge in [-0.15, -0.1) is 11.3 Å². The van der Waals surface area contributed by atoms with Gasteiger partial charge in [0, 0.05) is 18.6 Å². The van der Waals surface area contributed by atoms with Gasteiger partial charge in [0.25, 0.3) is 5.91 Å². The number of methoxy groups -OCH3 is 1. The maximum Gasteiger partial charge on any atom is 0.269 e. The number of carbonyl (C=O) groups is 1. The molecular weight excluding hydrogens is 300 g/mol. The Labute approximate surface area is 131 Å². The summed E-state index contributed by atoms with van der Waals surface area (Å²) in [5.41, 5.74) is 0.615. The predicted octanol–water partition coefficient (Wildman–Crippen LogP) is 2.90. The Morgan fingerprint density at radius 2 is 2.18 bits per heavy atom. The van der Waals surface area contributed by atoms with E-state index in [1.807, 2.05) is 16.9 Å². The van der Waals surface area contributed by atoms with Crippen molar-refractivity contribution >= 4 is 22.9 Å². The van der Waals surface area contributed by atoms with Crippen LogP contribution in [0.5, 0.6) is 5.75 Å². The van der Waals surface area contributed by atoms with Crippen molar-refractivity contribution in [2.24, 2.45) is 0 Å². The van der Waals surface area contributed by atoms with Gasteiger partial charge in [0.05, 0.1) is 12.8 Å². The number of nitrogens with one attached hydrogen (secondary N) is 1. The molecule has 3 aromatic rings. The lowest BCUT2D eigenvalue weighted by atomic mass is 10.3. The molecule has 0 bridgehead atoms. The first kappa shape index (κ1) is 14.3. The van der Waals surface area contributed by atoms with Crippen LogP contribution in [0.15, 0.2) is 42.2 Å². The van der Waals surface area contributed by atoms with Gasteiger partial charge >= 0.3 is 0 Å². The second kappa shape index (κ2) is 5.98. The van der Waals surface area contributed by atoms with E-state index in [1.54, 1.807) is 43.9 Å². The molecule has 0 aliphatic carbocycles. The number of hydrogen-bond donors (Lipinski definition) is 1. The Kier molecular flexibility index (Phi) is 3.88. The normalized spacial score (nSPS) is 10.5. The lowest BCUT2D eigenvalue weighted by Gasteiger charge is -2.11. The first-order valence-corrected chi connectivity index (χ1v) is 7.47. The van der Waals surface area contributed by atoms with Crippen LogP contribution >= 0.6 is 11.3 Å². The maximum absolute atomic E-state index is 12.4. The minimum absolute atomic E-state index is 0.223. The molecule has 1 N–H and O–H groups in total. The summed E-state index contributed by atoms with van der Waals surface area (Å²) in [6, 6.07) is 5.35. The van der Waals surface area contributed by atoms with Crippen LogP contribution in [-0.4, -0.2) is 27.6 Å². The van der Waals surface area contributed by atoms with Crippen LogP contribution in [0.2, 0.25) is 0 Å². The number of amides is 1. The zero-order chi connectivity index (χ0) is 15.5. The number of rotatable bonds is 4. The minimum atomic E-state index is -0.223. The van der Waals surface area contributed by atoms with Crippen LogP contribution < -0.4 is 10.1 Å². The van der Waals surface area contributed by atoms with Crippen molar-refractivity contribution in [1.29, 1.82) is 0 Å². The van der Waals surface area contributed by atoms with Crippen molar-refractivity contribution < 1.29 is 9.53 Å². The molecule has 22 heavy (non-hydrogen) atoms. The molecule has 112 valence electrons. The highest BCUT2D eigenvalue weighted by atomic mass is 32.1. The van der Waals surface area contributed by atoms with Crippen LogP contribution in [0, 0.1) is 6.92 Å². The summed E-state index contributed by atoms with van der Waals surface area (Å²) in [7, 11) is 1.54. The van der Waals surface area contributed by atoms with E-state index in [0.717, 1.165) is 5.82 Å². The predicted molar refractivity (Wildman–Crippen MR) is 84.9 cm³/mol. The monoisotopic (exact) mass is 314 g/mol. The van der Waals surface area contributed by atoms with Gasteiger partial charge in [-0.1, -0.05) is 0 Å². The fraction of sp³-hybridized carbons (Fsp3) is 0.133. The van der Waals surface area contributed by atoms with Crippen molar-refractivity contribution in [3.8, 4) is 11.6 Å². The molecule has 0 saturated heterocycles. The van der Waals surface area contributed by atoms with Crippen molar-refractivity contribution in [2.75, 3.05) is 12.4 Å². The van der Waals surface area contributed by atoms with E-state index in [0.29, 0.717) is 22.1 Å². The zero-order valence-electron chi connectivity index (χ0n) is 12.1. The molecule has 0 aromatic carbocycles. The Morgan fingerprint density at radius 1 is 1.32 bits per heavy atom. The first-order valence-electron chi connectivity index (χ1n) is 6.59. The molecule has 3 heterocycles. The summed E-state index contributed by atoms with van der Waals surface area (Å²) in [5, 5.41) is 4.70. The number of pyridine rings is 1. The summed E-state index contributed by atoms with van der Waals surface area (Å²) >= 11 is 1.33. The molecule has 0 saturated carbocycles. The molecule has 3 rings (SSSR count). The van der Waals surface area contributed by atoms with Gasteiger partial charge < -0.3 is 10.1 Å². The molecule has 0 radical (unpaired) electrons. The average molecular weight is 314 g/mol. The van der Waals surface area contributed by atoms with Gasteiger partial charge in [0.2, 0.25) is 0 Å². The van der Waals surface area contributed by atoms with E-state index in [2.05, 4.69) is 15.3 Å². The number of thiophene rings is 1. The summed E-state index contributed by atoms with van der Waals surface area (Å²) < 4.78 is 7.01. The van der Waals surface area contributed by atoms with E-state index in [-0.39, 0.29) is 5.91 Å². The highest BCUT2D eigenvalue weighted by Gasteiger charge is 2.16. The van der Waals surface area contributed by atoms with Gasteiger partial charge in [-0.3, -0.25) is 9.36 Å². The average Bonchev–Trinajstić information content (AvgIpc) is 3.16. The summed E-state index contributed by atoms with van der Waals surface area (Å²) in [6.07, 6.45) is 5.17. The van der Waals surface area contributed by atoms with Crippen molar-refractivity contribution in [3.05, 3.63) is 52.9 Å². The molecular formula is C15H14N4O2S. The number of aromatic nitrogens is 3. The van der Waals surface area contributed by atoms with Crippen molar-refractivity contribution in [3.63, 3.8) is 0 Å². The SMILES string of the molecule is COc1ccsc1C(=O)Nc1cccnc1-n1ccnc1C. The number of imidazole rings is 1. The summed E-state index contributed by atoms with van der Waals surface area (Å²) in [5.74, 6) is 1.76. The maximum atomic E-state index is 12.4. The highest BCUT2D eigenvalue weighted by Crippen LogP contribution is 2.26. The van der Waals surface area contributed by atoms with Gasteiger partial charge in [-0.2, -0.15) is 0 Å². The van der Waals surface area contributed by atoms with Crippen LogP contribution in [0.1, 0.15) is 15.5 Å². The number of carbonyl (C=O) groups excluding carboxylic acids is 1. The largest absolute Gasteiger partial charge is 0.495 e. The fourth-order valence-corrected chi connectivity index (χ4v) is 2.84. The first-order chi connectivity index (χ1) is 10.7. The topological polar surface area (TPSA) is 69.0 Å². The highest BCUT2D eigenvalue weighted by molar-refractivity contribution is 7.12. The van der Waals surface area contributed by atoms with Gasteiger partial charge in [-0.05, 0) is 30.5 Å². The van der Waals surface area contributed by atoms with Crippen molar-refractivity contribution in [2.45, 2.75) is 6.92 Å². The molecule has 6 nitrogen and oxygen atoms in total. The Bertz CT molecular complexity index is 809.